The lowest BCUT2D eigenvalue weighted by Crippen LogP contribution is -2.34. The Labute approximate surface area is 150 Å². The van der Waals surface area contributed by atoms with Crippen LogP contribution in [0.4, 0.5) is 0 Å². The molecule has 1 spiro atoms. The minimum Gasteiger partial charge on any atom is -0.348 e. The summed E-state index contributed by atoms with van der Waals surface area (Å²) in [5.41, 5.74) is 3.52. The Morgan fingerprint density at radius 2 is 2.00 bits per heavy atom. The molecule has 5 rings (SSSR count). The highest BCUT2D eigenvalue weighted by molar-refractivity contribution is 7.13. The second-order valence-electron chi connectivity index (χ2n) is 7.01. The van der Waals surface area contributed by atoms with Gasteiger partial charge in [-0.15, -0.1) is 11.3 Å². The van der Waals surface area contributed by atoms with Gasteiger partial charge in [-0.05, 0) is 30.4 Å². The third-order valence-electron chi connectivity index (χ3n) is 5.53. The van der Waals surface area contributed by atoms with Crippen LogP contribution in [0.25, 0.3) is 21.6 Å². The quantitative estimate of drug-likeness (QED) is 0.694. The van der Waals surface area contributed by atoms with Crippen LogP contribution >= 0.6 is 11.3 Å². The largest absolute Gasteiger partial charge is 0.348 e. The van der Waals surface area contributed by atoms with E-state index >= 15 is 0 Å². The molecule has 2 fully saturated rings. The normalized spacial score (nSPS) is 20.7. The van der Waals surface area contributed by atoms with Crippen LogP contribution in [0, 0.1) is 0 Å². The van der Waals surface area contributed by atoms with Gasteiger partial charge in [0.15, 0.2) is 5.79 Å². The molecule has 6 heteroatoms. The molecule has 0 amide bonds. The van der Waals surface area contributed by atoms with Gasteiger partial charge in [0, 0.05) is 54.8 Å². The monoisotopic (exact) mass is 355 g/mol. The van der Waals surface area contributed by atoms with Gasteiger partial charge >= 0.3 is 0 Å². The maximum atomic E-state index is 5.86. The Balaban J connectivity index is 1.47. The first-order valence-corrected chi connectivity index (χ1v) is 9.75. The van der Waals surface area contributed by atoms with Gasteiger partial charge in [0.1, 0.15) is 10.7 Å². The molecule has 0 aromatic carbocycles. The minimum atomic E-state index is -0.299. The summed E-state index contributed by atoms with van der Waals surface area (Å²) in [7, 11) is 2.05. The summed E-state index contributed by atoms with van der Waals surface area (Å²) in [5, 5.41) is 4.27. The van der Waals surface area contributed by atoms with Crippen molar-refractivity contribution >= 4 is 22.4 Å². The molecule has 5 nitrogen and oxygen atoms in total. The highest BCUT2D eigenvalue weighted by Crippen LogP contribution is 2.43. The molecule has 0 atom stereocenters. The van der Waals surface area contributed by atoms with E-state index in [1.165, 1.54) is 16.5 Å². The van der Waals surface area contributed by atoms with Crippen LogP contribution in [-0.2, 0) is 16.5 Å². The van der Waals surface area contributed by atoms with E-state index < -0.39 is 0 Å². The molecule has 0 radical (unpaired) electrons. The molecule has 0 N–H and O–H groups in total. The fourth-order valence-corrected chi connectivity index (χ4v) is 4.87. The summed E-state index contributed by atoms with van der Waals surface area (Å²) in [4.78, 5) is 9.24. The van der Waals surface area contributed by atoms with Gasteiger partial charge in [-0.3, -0.25) is 0 Å². The molecule has 4 heterocycles. The van der Waals surface area contributed by atoms with Crippen LogP contribution in [0.5, 0.6) is 0 Å². The number of nitrogens with zero attached hydrogens (tertiary/aromatic N) is 3. The van der Waals surface area contributed by atoms with E-state index in [1.807, 2.05) is 24.8 Å². The Kier molecular flexibility index (Phi) is 3.66. The van der Waals surface area contributed by atoms with Crippen molar-refractivity contribution < 1.29 is 9.47 Å². The third-order valence-corrected chi connectivity index (χ3v) is 6.34. The van der Waals surface area contributed by atoms with Crippen molar-refractivity contribution in [1.29, 1.82) is 0 Å². The Morgan fingerprint density at radius 1 is 1.20 bits per heavy atom. The van der Waals surface area contributed by atoms with E-state index in [2.05, 4.69) is 21.8 Å². The molecule has 25 heavy (non-hydrogen) atoms. The van der Waals surface area contributed by atoms with E-state index in [4.69, 9.17) is 14.5 Å². The Morgan fingerprint density at radius 3 is 2.72 bits per heavy atom. The van der Waals surface area contributed by atoms with Crippen LogP contribution in [0.3, 0.4) is 0 Å². The molecule has 0 bridgehead atoms. The predicted octanol–water partition coefficient (Wildman–Crippen LogP) is 4.10. The summed E-state index contributed by atoms with van der Waals surface area (Å²) in [5.74, 6) is 0.229. The summed E-state index contributed by atoms with van der Waals surface area (Å²) < 4.78 is 13.8. The topological polar surface area (TPSA) is 49.2 Å². The fraction of sp³-hybridized carbons (Fsp3) is 0.474. The zero-order chi connectivity index (χ0) is 16.9. The van der Waals surface area contributed by atoms with Crippen LogP contribution in [-0.4, -0.2) is 33.5 Å². The first-order chi connectivity index (χ1) is 12.2. The molecule has 1 aliphatic heterocycles. The highest BCUT2D eigenvalue weighted by Gasteiger charge is 2.40. The van der Waals surface area contributed by atoms with Crippen LogP contribution < -0.4 is 0 Å². The summed E-state index contributed by atoms with van der Waals surface area (Å²) in [6.07, 6.45) is 10.2. The lowest BCUT2D eigenvalue weighted by Gasteiger charge is -2.35. The van der Waals surface area contributed by atoms with Crippen molar-refractivity contribution in [2.75, 3.05) is 13.2 Å². The number of ether oxygens (including phenoxy) is 2. The number of fused-ring (bicyclic) bond motifs is 1. The van der Waals surface area contributed by atoms with Crippen molar-refractivity contribution in [3.05, 3.63) is 35.6 Å². The minimum absolute atomic E-state index is 0.299. The van der Waals surface area contributed by atoms with Gasteiger partial charge in [-0.1, -0.05) is 0 Å². The summed E-state index contributed by atoms with van der Waals surface area (Å²) in [6, 6.07) is 2.32. The average Bonchev–Trinajstić information content (AvgIpc) is 3.37. The lowest BCUT2D eigenvalue weighted by molar-refractivity contribution is -0.178. The van der Waals surface area contributed by atoms with Gasteiger partial charge in [-0.25, -0.2) is 9.97 Å². The van der Waals surface area contributed by atoms with E-state index in [-0.39, 0.29) is 5.79 Å². The van der Waals surface area contributed by atoms with Crippen molar-refractivity contribution in [2.24, 2.45) is 7.05 Å². The molecule has 2 aliphatic rings. The van der Waals surface area contributed by atoms with Crippen LogP contribution in [0.2, 0.25) is 0 Å². The Bertz CT molecular complexity index is 887. The number of aryl methyl sites for hydroxylation is 1. The highest BCUT2D eigenvalue weighted by atomic mass is 32.1. The van der Waals surface area contributed by atoms with Crippen LogP contribution in [0.1, 0.15) is 37.2 Å². The van der Waals surface area contributed by atoms with Crippen molar-refractivity contribution in [3.8, 4) is 10.6 Å². The average molecular weight is 355 g/mol. The van der Waals surface area contributed by atoms with E-state index in [9.17, 15) is 0 Å². The number of aromatic nitrogens is 3. The smallest absolute Gasteiger partial charge is 0.168 e. The molecule has 130 valence electrons. The van der Waals surface area contributed by atoms with Gasteiger partial charge in [0.25, 0.3) is 0 Å². The van der Waals surface area contributed by atoms with Crippen molar-refractivity contribution in [1.82, 2.24) is 14.5 Å². The van der Waals surface area contributed by atoms with E-state index in [0.717, 1.165) is 49.6 Å². The first kappa shape index (κ1) is 15.5. The molecule has 1 saturated carbocycles. The lowest BCUT2D eigenvalue weighted by atomic mass is 9.81. The number of rotatable bonds is 2. The molecular formula is C19H21N3O2S. The number of hydrogen-bond acceptors (Lipinski definition) is 5. The fourth-order valence-electron chi connectivity index (χ4n) is 4.20. The summed E-state index contributed by atoms with van der Waals surface area (Å²) >= 11 is 1.67. The predicted molar refractivity (Wildman–Crippen MR) is 97.7 cm³/mol. The number of hydrogen-bond donors (Lipinski definition) is 0. The molecular weight excluding hydrogens is 334 g/mol. The second-order valence-corrected chi connectivity index (χ2v) is 7.91. The SMILES string of the molecule is Cn1cc(-c2nccs2)c2cc(C3CCC4(CC3)OCCO4)cnc21. The molecule has 1 saturated heterocycles. The molecule has 0 unspecified atom stereocenters. The third kappa shape index (κ3) is 2.60. The van der Waals surface area contributed by atoms with Gasteiger partial charge in [0.05, 0.1) is 13.2 Å². The zero-order valence-corrected chi connectivity index (χ0v) is 15.1. The molecule has 3 aromatic heterocycles. The van der Waals surface area contributed by atoms with Gasteiger partial charge in [0.2, 0.25) is 0 Å². The zero-order valence-electron chi connectivity index (χ0n) is 14.3. The summed E-state index contributed by atoms with van der Waals surface area (Å²) in [6.45, 7) is 1.47. The van der Waals surface area contributed by atoms with E-state index in [0.29, 0.717) is 5.92 Å². The standard InChI is InChI=1S/C19H21N3O2S/c1-22-12-16(18-20-6-9-25-18)15-10-14(11-21-17(15)22)13-2-4-19(5-3-13)23-7-8-24-19/h6,9-13H,2-5,7-8H2,1H3. The van der Waals surface area contributed by atoms with Crippen LogP contribution in [0.15, 0.2) is 30.0 Å². The van der Waals surface area contributed by atoms with Gasteiger partial charge in [-0.2, -0.15) is 0 Å². The van der Waals surface area contributed by atoms with Crippen molar-refractivity contribution in [3.63, 3.8) is 0 Å². The first-order valence-electron chi connectivity index (χ1n) is 8.87. The van der Waals surface area contributed by atoms with E-state index in [1.54, 1.807) is 11.3 Å². The maximum Gasteiger partial charge on any atom is 0.168 e. The van der Waals surface area contributed by atoms with Crippen molar-refractivity contribution in [2.45, 2.75) is 37.4 Å². The molecule has 1 aliphatic carbocycles. The maximum absolute atomic E-state index is 5.86. The Hall–Kier alpha value is -1.76. The second kappa shape index (κ2) is 5.90. The molecule has 3 aromatic rings. The number of pyridine rings is 1. The van der Waals surface area contributed by atoms with Gasteiger partial charge < -0.3 is 14.0 Å². The number of thiazole rings is 1.